The predicted octanol–water partition coefficient (Wildman–Crippen LogP) is 3.80. The summed E-state index contributed by atoms with van der Waals surface area (Å²) >= 11 is 0. The lowest BCUT2D eigenvalue weighted by Crippen LogP contribution is -2.22. The maximum atomic E-state index is 5.36. The second kappa shape index (κ2) is 10.9. The quantitative estimate of drug-likeness (QED) is 0.297. The molecule has 1 aromatic rings. The van der Waals surface area contributed by atoms with Crippen LogP contribution >= 0.6 is 0 Å². The first kappa shape index (κ1) is 17.2. The van der Waals surface area contributed by atoms with Crippen LogP contribution in [0.1, 0.15) is 63.9 Å². The third-order valence-electron chi connectivity index (χ3n) is 3.41. The number of benzene rings is 1. The van der Waals surface area contributed by atoms with Gasteiger partial charge in [0.25, 0.3) is 0 Å². The minimum Gasteiger partial charge on any atom is -0.369 e. The summed E-state index contributed by atoms with van der Waals surface area (Å²) in [5.74, 6) is 0.00277. The van der Waals surface area contributed by atoms with Crippen molar-refractivity contribution in [3.05, 3.63) is 35.9 Å². The number of unbranched alkanes of at least 4 members (excludes halogenated alkanes) is 6. The fourth-order valence-corrected chi connectivity index (χ4v) is 2.25. The SMILES string of the molecule is CCCCCCCCC/C(=N\N=C(N)N)c1ccccc1. The normalized spacial score (nSPS) is 11.4. The van der Waals surface area contributed by atoms with Gasteiger partial charge in [0, 0.05) is 0 Å². The molecule has 1 aromatic carbocycles. The highest BCUT2D eigenvalue weighted by molar-refractivity contribution is 6.00. The third kappa shape index (κ3) is 8.12. The molecular formula is C17H28N4. The summed E-state index contributed by atoms with van der Waals surface area (Å²) in [5.41, 5.74) is 12.8. The summed E-state index contributed by atoms with van der Waals surface area (Å²) in [6, 6.07) is 10.1. The Bertz CT molecular complexity index is 433. The van der Waals surface area contributed by atoms with E-state index in [-0.39, 0.29) is 5.96 Å². The summed E-state index contributed by atoms with van der Waals surface area (Å²) in [4.78, 5) is 0. The van der Waals surface area contributed by atoms with Crippen LogP contribution in [0.15, 0.2) is 40.5 Å². The molecule has 0 aromatic heterocycles. The highest BCUT2D eigenvalue weighted by Crippen LogP contribution is 2.12. The van der Waals surface area contributed by atoms with Crippen LogP contribution in [0.4, 0.5) is 0 Å². The molecule has 0 saturated heterocycles. The molecule has 116 valence electrons. The number of hydrogen-bond acceptors (Lipinski definition) is 2. The van der Waals surface area contributed by atoms with Gasteiger partial charge in [-0.05, 0) is 18.4 Å². The molecule has 0 bridgehead atoms. The maximum absolute atomic E-state index is 5.36. The summed E-state index contributed by atoms with van der Waals surface area (Å²) in [6.45, 7) is 2.24. The molecule has 0 saturated carbocycles. The smallest absolute Gasteiger partial charge is 0.211 e. The van der Waals surface area contributed by atoms with Gasteiger partial charge in [-0.15, -0.1) is 5.10 Å². The first-order valence-electron chi connectivity index (χ1n) is 7.95. The van der Waals surface area contributed by atoms with Crippen molar-refractivity contribution in [1.29, 1.82) is 0 Å². The zero-order chi connectivity index (χ0) is 15.3. The van der Waals surface area contributed by atoms with Crippen molar-refractivity contribution in [2.24, 2.45) is 21.7 Å². The predicted molar refractivity (Wildman–Crippen MR) is 91.4 cm³/mol. The monoisotopic (exact) mass is 288 g/mol. The summed E-state index contributed by atoms with van der Waals surface area (Å²) in [5, 5.41) is 8.00. The van der Waals surface area contributed by atoms with E-state index in [0.717, 1.165) is 24.1 Å². The largest absolute Gasteiger partial charge is 0.369 e. The lowest BCUT2D eigenvalue weighted by molar-refractivity contribution is 0.595. The van der Waals surface area contributed by atoms with E-state index in [1.807, 2.05) is 30.3 Å². The lowest BCUT2D eigenvalue weighted by atomic mass is 10.0. The van der Waals surface area contributed by atoms with Gasteiger partial charge in [0.05, 0.1) is 5.71 Å². The molecule has 0 atom stereocenters. The van der Waals surface area contributed by atoms with Crippen LogP contribution in [-0.4, -0.2) is 11.7 Å². The van der Waals surface area contributed by atoms with Crippen LogP contribution in [-0.2, 0) is 0 Å². The fraction of sp³-hybridized carbons (Fsp3) is 0.529. The summed E-state index contributed by atoms with van der Waals surface area (Å²) in [6.07, 6.45) is 9.89. The molecule has 0 aliphatic heterocycles. The van der Waals surface area contributed by atoms with E-state index in [4.69, 9.17) is 11.5 Å². The number of guanidine groups is 1. The van der Waals surface area contributed by atoms with Crippen LogP contribution in [0.25, 0.3) is 0 Å². The Morgan fingerprint density at radius 3 is 2.10 bits per heavy atom. The molecule has 4 heteroatoms. The van der Waals surface area contributed by atoms with Gasteiger partial charge in [-0.2, -0.15) is 5.10 Å². The van der Waals surface area contributed by atoms with Crippen LogP contribution in [0, 0.1) is 0 Å². The molecule has 0 heterocycles. The Morgan fingerprint density at radius 1 is 0.857 bits per heavy atom. The van der Waals surface area contributed by atoms with Crippen LogP contribution in [0.5, 0.6) is 0 Å². The molecule has 1 rings (SSSR count). The first-order chi connectivity index (χ1) is 10.2. The Morgan fingerprint density at radius 2 is 1.48 bits per heavy atom. The van der Waals surface area contributed by atoms with Crippen molar-refractivity contribution >= 4 is 11.7 Å². The van der Waals surface area contributed by atoms with E-state index >= 15 is 0 Å². The fourth-order valence-electron chi connectivity index (χ4n) is 2.25. The molecule has 0 radical (unpaired) electrons. The first-order valence-corrected chi connectivity index (χ1v) is 7.95. The highest BCUT2D eigenvalue weighted by Gasteiger charge is 2.03. The van der Waals surface area contributed by atoms with Gasteiger partial charge in [-0.3, -0.25) is 0 Å². The summed E-state index contributed by atoms with van der Waals surface area (Å²) < 4.78 is 0. The van der Waals surface area contributed by atoms with Crippen molar-refractivity contribution in [2.75, 3.05) is 0 Å². The molecular weight excluding hydrogens is 260 g/mol. The molecule has 4 N–H and O–H groups in total. The topological polar surface area (TPSA) is 76.8 Å². The molecule has 4 nitrogen and oxygen atoms in total. The van der Waals surface area contributed by atoms with Gasteiger partial charge in [0.15, 0.2) is 0 Å². The Balaban J connectivity index is 2.44. The molecule has 0 spiro atoms. The standard InChI is InChI=1S/C17H28N4/c1-2-3-4-5-6-7-11-14-16(20-21-17(18)19)15-12-9-8-10-13-15/h8-10,12-13H,2-7,11,14H2,1H3,(H4,18,19,21)/b20-16+. The Labute approximate surface area is 128 Å². The Hall–Kier alpha value is -1.84. The van der Waals surface area contributed by atoms with Crippen LogP contribution < -0.4 is 11.5 Å². The number of rotatable bonds is 10. The van der Waals surface area contributed by atoms with Gasteiger partial charge in [0.1, 0.15) is 0 Å². The average Bonchev–Trinajstić information content (AvgIpc) is 2.50. The molecule has 0 aliphatic rings. The maximum Gasteiger partial charge on any atom is 0.211 e. The number of nitrogens with zero attached hydrogens (tertiary/aromatic N) is 2. The van der Waals surface area contributed by atoms with E-state index in [9.17, 15) is 0 Å². The molecule has 21 heavy (non-hydrogen) atoms. The number of hydrogen-bond donors (Lipinski definition) is 2. The molecule has 0 unspecified atom stereocenters. The molecule has 0 aliphatic carbocycles. The van der Waals surface area contributed by atoms with Crippen LogP contribution in [0.2, 0.25) is 0 Å². The molecule has 0 fully saturated rings. The second-order valence-corrected chi connectivity index (χ2v) is 5.31. The van der Waals surface area contributed by atoms with E-state index in [1.54, 1.807) is 0 Å². The minimum absolute atomic E-state index is 0.00277. The van der Waals surface area contributed by atoms with Gasteiger partial charge >= 0.3 is 0 Å². The van der Waals surface area contributed by atoms with Crippen molar-refractivity contribution in [2.45, 2.75) is 58.3 Å². The van der Waals surface area contributed by atoms with E-state index < -0.39 is 0 Å². The molecule has 0 amide bonds. The summed E-state index contributed by atoms with van der Waals surface area (Å²) in [7, 11) is 0. The van der Waals surface area contributed by atoms with Gasteiger partial charge < -0.3 is 11.5 Å². The average molecular weight is 288 g/mol. The van der Waals surface area contributed by atoms with Crippen molar-refractivity contribution < 1.29 is 0 Å². The third-order valence-corrected chi connectivity index (χ3v) is 3.41. The van der Waals surface area contributed by atoms with E-state index in [2.05, 4.69) is 17.1 Å². The zero-order valence-corrected chi connectivity index (χ0v) is 13.1. The van der Waals surface area contributed by atoms with Gasteiger partial charge in [0.2, 0.25) is 5.96 Å². The lowest BCUT2D eigenvalue weighted by Gasteiger charge is -2.05. The van der Waals surface area contributed by atoms with Crippen molar-refractivity contribution in [3.63, 3.8) is 0 Å². The van der Waals surface area contributed by atoms with Gasteiger partial charge in [-0.1, -0.05) is 75.8 Å². The van der Waals surface area contributed by atoms with Crippen LogP contribution in [0.3, 0.4) is 0 Å². The number of nitrogens with two attached hydrogens (primary N) is 2. The van der Waals surface area contributed by atoms with Crippen molar-refractivity contribution in [1.82, 2.24) is 0 Å². The minimum atomic E-state index is 0.00277. The van der Waals surface area contributed by atoms with E-state index in [1.165, 1.54) is 38.5 Å². The van der Waals surface area contributed by atoms with Crippen molar-refractivity contribution in [3.8, 4) is 0 Å². The Kier molecular flexibility index (Phi) is 8.93. The second-order valence-electron chi connectivity index (χ2n) is 5.31. The van der Waals surface area contributed by atoms with E-state index in [0.29, 0.717) is 0 Å². The van der Waals surface area contributed by atoms with Gasteiger partial charge in [-0.25, -0.2) is 0 Å². The zero-order valence-electron chi connectivity index (χ0n) is 13.1. The highest BCUT2D eigenvalue weighted by atomic mass is 15.3.